The Kier molecular flexibility index (Phi) is 5.66. The molecule has 0 saturated heterocycles. The first-order valence-electron chi connectivity index (χ1n) is 1.83. The predicted molar refractivity (Wildman–Crippen MR) is 38.4 cm³/mol. The smallest absolute Gasteiger partial charge is 0.292 e. The predicted octanol–water partition coefficient (Wildman–Crippen LogP) is -0.183. The maximum absolute atomic E-state index is 2.16. The SMILES string of the molecule is CSc1cs[s+]c1.[I-]. The lowest BCUT2D eigenvalue weighted by Crippen LogP contribution is -3.00. The van der Waals surface area contributed by atoms with Gasteiger partial charge in [0.1, 0.15) is 0 Å². The largest absolute Gasteiger partial charge is 1.00 e. The monoisotopic (exact) mass is 276 g/mol. The molecule has 8 heavy (non-hydrogen) atoms. The summed E-state index contributed by atoms with van der Waals surface area (Å²) in [5.41, 5.74) is 0. The van der Waals surface area contributed by atoms with Gasteiger partial charge in [-0.1, -0.05) is 0 Å². The number of rotatable bonds is 1. The van der Waals surface area contributed by atoms with E-state index in [1.165, 1.54) is 4.90 Å². The Hall–Kier alpha value is 1.13. The molecule has 1 rings (SSSR count). The van der Waals surface area contributed by atoms with Gasteiger partial charge in [0.25, 0.3) is 10.3 Å². The van der Waals surface area contributed by atoms with Gasteiger partial charge in [0, 0.05) is 0 Å². The van der Waals surface area contributed by atoms with E-state index in [-0.39, 0.29) is 24.0 Å². The summed E-state index contributed by atoms with van der Waals surface area (Å²) in [7, 11) is 3.57. The van der Waals surface area contributed by atoms with Gasteiger partial charge in [-0.2, -0.15) is 0 Å². The fourth-order valence-electron chi connectivity index (χ4n) is 0.274. The summed E-state index contributed by atoms with van der Waals surface area (Å²) in [6, 6.07) is 0. The minimum atomic E-state index is 0. The Morgan fingerprint density at radius 2 is 2.50 bits per heavy atom. The molecule has 0 bridgehead atoms. The first kappa shape index (κ1) is 9.13. The standard InChI is InChI=1S/C4H5S3.HI/c1-5-4-2-6-7-3-4;/h2-3H,1H3;1H/q+1;/p-1. The van der Waals surface area contributed by atoms with Crippen LogP contribution in [0.3, 0.4) is 0 Å². The number of thioether (sulfide) groups is 1. The molecule has 0 aliphatic heterocycles. The van der Waals surface area contributed by atoms with Crippen LogP contribution in [0.2, 0.25) is 0 Å². The molecule has 0 spiro atoms. The van der Waals surface area contributed by atoms with Crippen molar-refractivity contribution in [3.05, 3.63) is 10.8 Å². The van der Waals surface area contributed by atoms with E-state index >= 15 is 0 Å². The topological polar surface area (TPSA) is 0 Å². The van der Waals surface area contributed by atoms with E-state index in [1.54, 1.807) is 32.4 Å². The molecule has 0 nitrogen and oxygen atoms in total. The van der Waals surface area contributed by atoms with Crippen LogP contribution in [0.1, 0.15) is 0 Å². The molecule has 1 aromatic rings. The molecule has 0 amide bonds. The Balaban J connectivity index is 0.000000490. The molecule has 0 atom stereocenters. The molecule has 0 aliphatic carbocycles. The highest BCUT2D eigenvalue weighted by atomic mass is 127. The van der Waals surface area contributed by atoms with Crippen molar-refractivity contribution in [2.24, 2.45) is 0 Å². The average Bonchev–Trinajstić information content (AvgIpc) is 2.14. The highest BCUT2D eigenvalue weighted by Crippen LogP contribution is 2.21. The van der Waals surface area contributed by atoms with E-state index in [2.05, 4.69) is 17.0 Å². The Labute approximate surface area is 77.7 Å². The van der Waals surface area contributed by atoms with Crippen molar-refractivity contribution in [1.82, 2.24) is 0 Å². The first-order chi connectivity index (χ1) is 3.43. The lowest BCUT2D eigenvalue weighted by molar-refractivity contribution is -0.00000127. The summed E-state index contributed by atoms with van der Waals surface area (Å²) in [5.74, 6) is 0. The molecule has 46 valence electrons. The molecular formula is C4H5IS3. The van der Waals surface area contributed by atoms with E-state index < -0.39 is 0 Å². The van der Waals surface area contributed by atoms with Crippen LogP contribution in [0, 0.1) is 0 Å². The Morgan fingerprint density at radius 3 is 2.75 bits per heavy atom. The third-order valence-electron chi connectivity index (χ3n) is 0.620. The normalized spacial score (nSPS) is 8.12. The van der Waals surface area contributed by atoms with Crippen molar-refractivity contribution in [2.45, 2.75) is 4.90 Å². The molecule has 0 aliphatic rings. The van der Waals surface area contributed by atoms with E-state index in [0.717, 1.165) is 0 Å². The van der Waals surface area contributed by atoms with Crippen molar-refractivity contribution in [3.63, 3.8) is 0 Å². The van der Waals surface area contributed by atoms with Gasteiger partial charge < -0.3 is 24.0 Å². The molecule has 1 aromatic heterocycles. The van der Waals surface area contributed by atoms with Crippen LogP contribution in [0.5, 0.6) is 0 Å². The van der Waals surface area contributed by atoms with Crippen LogP contribution in [0.4, 0.5) is 0 Å². The molecule has 1 heterocycles. The van der Waals surface area contributed by atoms with Gasteiger partial charge in [-0.05, 0) is 6.26 Å². The maximum atomic E-state index is 2.16. The second-order valence-corrected chi connectivity index (χ2v) is 3.93. The van der Waals surface area contributed by atoms with Crippen LogP contribution in [-0.4, -0.2) is 6.26 Å². The third kappa shape index (κ3) is 2.61. The molecular weight excluding hydrogens is 271 g/mol. The van der Waals surface area contributed by atoms with E-state index in [4.69, 9.17) is 0 Å². The van der Waals surface area contributed by atoms with Gasteiger partial charge in [-0.15, -0.1) is 11.8 Å². The van der Waals surface area contributed by atoms with Crippen LogP contribution < -0.4 is 24.0 Å². The lowest BCUT2D eigenvalue weighted by Gasteiger charge is -1.72. The van der Waals surface area contributed by atoms with Crippen molar-refractivity contribution < 1.29 is 24.0 Å². The molecule has 0 radical (unpaired) electrons. The summed E-state index contributed by atoms with van der Waals surface area (Å²) < 4.78 is 0. The molecule has 0 unspecified atom stereocenters. The van der Waals surface area contributed by atoms with Crippen LogP contribution in [0.15, 0.2) is 15.7 Å². The van der Waals surface area contributed by atoms with Crippen molar-refractivity contribution in [3.8, 4) is 0 Å². The minimum Gasteiger partial charge on any atom is -1.00 e. The fourth-order valence-corrected chi connectivity index (χ4v) is 3.18. The third-order valence-corrected chi connectivity index (χ3v) is 3.35. The fraction of sp³-hybridized carbons (Fsp3) is 0.250. The summed E-state index contributed by atoms with van der Waals surface area (Å²) in [6.07, 6.45) is 2.09. The first-order valence-corrected chi connectivity index (χ1v) is 5.33. The zero-order valence-electron chi connectivity index (χ0n) is 4.26. The molecule has 0 aromatic carbocycles. The van der Waals surface area contributed by atoms with Crippen LogP contribution in [-0.2, 0) is 0 Å². The molecule has 0 N–H and O–H groups in total. The van der Waals surface area contributed by atoms with Crippen molar-refractivity contribution in [2.75, 3.05) is 6.26 Å². The summed E-state index contributed by atoms with van der Waals surface area (Å²) in [6.45, 7) is 0. The second-order valence-electron chi connectivity index (χ2n) is 1.03. The van der Waals surface area contributed by atoms with Crippen molar-refractivity contribution >= 4 is 32.4 Å². The summed E-state index contributed by atoms with van der Waals surface area (Å²) >= 11 is 1.80. The second kappa shape index (κ2) is 4.96. The van der Waals surface area contributed by atoms with E-state index in [0.29, 0.717) is 0 Å². The lowest BCUT2D eigenvalue weighted by atomic mass is 10.8. The zero-order valence-corrected chi connectivity index (χ0v) is 8.86. The average molecular weight is 276 g/mol. The van der Waals surface area contributed by atoms with Gasteiger partial charge in [-0.25, -0.2) is 0 Å². The quantitative estimate of drug-likeness (QED) is 0.297. The highest BCUT2D eigenvalue weighted by Gasteiger charge is 1.96. The molecule has 4 heteroatoms. The Bertz CT molecular complexity index is 126. The van der Waals surface area contributed by atoms with Gasteiger partial charge >= 0.3 is 0 Å². The van der Waals surface area contributed by atoms with Gasteiger partial charge in [0.15, 0.2) is 10.3 Å². The molecule has 0 saturated carbocycles. The minimum absolute atomic E-state index is 0. The maximum Gasteiger partial charge on any atom is 0.292 e. The number of hydrogen-bond donors (Lipinski definition) is 0. The molecule has 0 fully saturated rings. The van der Waals surface area contributed by atoms with E-state index in [9.17, 15) is 0 Å². The highest BCUT2D eigenvalue weighted by molar-refractivity contribution is 7.99. The van der Waals surface area contributed by atoms with Gasteiger partial charge in [-0.3, -0.25) is 0 Å². The number of hydrogen-bond acceptors (Lipinski definition) is 2. The van der Waals surface area contributed by atoms with Crippen molar-refractivity contribution in [1.29, 1.82) is 0 Å². The number of halogens is 1. The summed E-state index contributed by atoms with van der Waals surface area (Å²) in [5, 5.41) is 4.32. The Morgan fingerprint density at radius 1 is 1.75 bits per heavy atom. The van der Waals surface area contributed by atoms with Gasteiger partial charge in [0.2, 0.25) is 5.38 Å². The van der Waals surface area contributed by atoms with Gasteiger partial charge in [0.05, 0.1) is 10.3 Å². The summed E-state index contributed by atoms with van der Waals surface area (Å²) in [4.78, 5) is 1.38. The van der Waals surface area contributed by atoms with Crippen LogP contribution >= 0.6 is 32.4 Å². The van der Waals surface area contributed by atoms with E-state index in [1.807, 2.05) is 0 Å². The van der Waals surface area contributed by atoms with Crippen LogP contribution in [0.25, 0.3) is 0 Å². The zero-order chi connectivity index (χ0) is 5.11.